The van der Waals surface area contributed by atoms with E-state index in [1.165, 1.54) is 0 Å². The summed E-state index contributed by atoms with van der Waals surface area (Å²) in [4.78, 5) is 23.1. The number of nitrogens with one attached hydrogen (secondary N) is 2. The fourth-order valence-corrected chi connectivity index (χ4v) is 1.47. The lowest BCUT2D eigenvalue weighted by Crippen LogP contribution is -2.38. The second-order valence-electron chi connectivity index (χ2n) is 3.45. The molecule has 1 aromatic carbocycles. The molecule has 5 nitrogen and oxygen atoms in total. The number of carbonyl (C=O) groups is 2. The number of hydrogen-bond donors (Lipinski definition) is 3. The molecule has 2 rings (SSSR count). The van der Waals surface area contributed by atoms with Gasteiger partial charge in [-0.1, -0.05) is 6.07 Å². The van der Waals surface area contributed by atoms with E-state index in [2.05, 4.69) is 10.6 Å². The monoisotopic (exact) mass is 205 g/mol. The van der Waals surface area contributed by atoms with Crippen molar-refractivity contribution in [3.8, 4) is 0 Å². The van der Waals surface area contributed by atoms with E-state index in [-0.39, 0.29) is 11.8 Å². The molecule has 0 aliphatic carbocycles. The van der Waals surface area contributed by atoms with Gasteiger partial charge in [0, 0.05) is 0 Å². The van der Waals surface area contributed by atoms with Crippen LogP contribution in [0.4, 0.5) is 11.4 Å². The fraction of sp³-hybridized carbons (Fsp3) is 0.200. The molecule has 1 unspecified atom stereocenters. The van der Waals surface area contributed by atoms with Crippen molar-refractivity contribution >= 4 is 23.2 Å². The average Bonchev–Trinajstić information content (AvgIpc) is 2.29. The van der Waals surface area contributed by atoms with E-state index >= 15 is 0 Å². The molecule has 0 saturated carbocycles. The van der Waals surface area contributed by atoms with Gasteiger partial charge >= 0.3 is 0 Å². The van der Waals surface area contributed by atoms with Gasteiger partial charge < -0.3 is 16.4 Å². The molecule has 0 saturated heterocycles. The third-order valence-electron chi connectivity index (χ3n) is 2.33. The smallest absolute Gasteiger partial charge is 0.254 e. The number of hydrogen-bond acceptors (Lipinski definition) is 3. The van der Waals surface area contributed by atoms with E-state index in [1.54, 1.807) is 25.1 Å². The summed E-state index contributed by atoms with van der Waals surface area (Å²) in [5.41, 5.74) is 6.87. The molecule has 1 atom stereocenters. The number of anilines is 2. The average molecular weight is 205 g/mol. The Hall–Kier alpha value is -2.04. The number of amides is 2. The van der Waals surface area contributed by atoms with Gasteiger partial charge in [-0.3, -0.25) is 9.59 Å². The Balaban J connectivity index is 2.56. The Morgan fingerprint density at radius 1 is 1.33 bits per heavy atom. The molecule has 0 radical (unpaired) electrons. The van der Waals surface area contributed by atoms with E-state index in [0.717, 1.165) is 0 Å². The summed E-state index contributed by atoms with van der Waals surface area (Å²) < 4.78 is 0. The molecular formula is C10H11N3O2. The van der Waals surface area contributed by atoms with Gasteiger partial charge in [-0.15, -0.1) is 0 Å². The van der Waals surface area contributed by atoms with E-state index in [1.807, 2.05) is 0 Å². The molecular weight excluding hydrogens is 194 g/mol. The Kier molecular flexibility index (Phi) is 2.07. The van der Waals surface area contributed by atoms with Gasteiger partial charge in [-0.2, -0.15) is 0 Å². The molecule has 0 bridgehead atoms. The Bertz CT molecular complexity index is 442. The third kappa shape index (κ3) is 1.52. The maximum absolute atomic E-state index is 11.7. The van der Waals surface area contributed by atoms with Crippen LogP contribution >= 0.6 is 0 Å². The minimum atomic E-state index is -0.552. The summed E-state index contributed by atoms with van der Waals surface area (Å²) in [5, 5.41) is 5.19. The zero-order valence-corrected chi connectivity index (χ0v) is 8.20. The molecule has 0 spiro atoms. The lowest BCUT2D eigenvalue weighted by molar-refractivity contribution is -0.117. The molecule has 1 aromatic rings. The van der Waals surface area contributed by atoms with Crippen LogP contribution in [0.1, 0.15) is 17.3 Å². The van der Waals surface area contributed by atoms with Crippen molar-refractivity contribution in [3.63, 3.8) is 0 Å². The molecule has 0 fully saturated rings. The fourth-order valence-electron chi connectivity index (χ4n) is 1.47. The number of nitrogen functional groups attached to an aromatic ring is 1. The molecule has 5 heteroatoms. The standard InChI is InChI=1S/C10H11N3O2/c1-5-9(14)13-8-6(10(15)12-5)3-2-4-7(8)11/h2-5H,11H2,1H3,(H,12,15)(H,13,14). The topological polar surface area (TPSA) is 84.2 Å². The predicted octanol–water partition coefficient (Wildman–Crippen LogP) is 0.339. The van der Waals surface area contributed by atoms with Crippen LogP contribution in [-0.2, 0) is 4.79 Å². The zero-order chi connectivity index (χ0) is 11.0. The van der Waals surface area contributed by atoms with Crippen LogP contribution in [0.25, 0.3) is 0 Å². The van der Waals surface area contributed by atoms with Gasteiger partial charge in [0.05, 0.1) is 16.9 Å². The predicted molar refractivity (Wildman–Crippen MR) is 56.4 cm³/mol. The van der Waals surface area contributed by atoms with E-state index in [9.17, 15) is 9.59 Å². The van der Waals surface area contributed by atoms with Crippen molar-refractivity contribution in [2.75, 3.05) is 11.1 Å². The van der Waals surface area contributed by atoms with Crippen LogP contribution in [0.3, 0.4) is 0 Å². The summed E-state index contributed by atoms with van der Waals surface area (Å²) >= 11 is 0. The number of benzene rings is 1. The van der Waals surface area contributed by atoms with Gasteiger partial charge in [0.15, 0.2) is 0 Å². The summed E-state index contributed by atoms with van der Waals surface area (Å²) in [6.07, 6.45) is 0. The molecule has 1 aliphatic rings. The second-order valence-corrected chi connectivity index (χ2v) is 3.45. The van der Waals surface area contributed by atoms with Crippen molar-refractivity contribution in [1.82, 2.24) is 5.32 Å². The maximum atomic E-state index is 11.7. The quantitative estimate of drug-likeness (QED) is 0.534. The molecule has 15 heavy (non-hydrogen) atoms. The van der Waals surface area contributed by atoms with Crippen LogP contribution in [0, 0.1) is 0 Å². The van der Waals surface area contributed by atoms with E-state index in [0.29, 0.717) is 16.9 Å². The third-order valence-corrected chi connectivity index (χ3v) is 2.33. The van der Waals surface area contributed by atoms with Crippen LogP contribution in [0.2, 0.25) is 0 Å². The summed E-state index contributed by atoms with van der Waals surface area (Å²) in [6, 6.07) is 4.39. The lowest BCUT2D eigenvalue weighted by Gasteiger charge is -2.08. The largest absolute Gasteiger partial charge is 0.397 e. The number of rotatable bonds is 0. The first kappa shape index (κ1) is 9.51. The second kappa shape index (κ2) is 3.27. The summed E-state index contributed by atoms with van der Waals surface area (Å²) in [6.45, 7) is 1.62. The van der Waals surface area contributed by atoms with Crippen molar-refractivity contribution in [2.24, 2.45) is 0 Å². The first-order valence-electron chi connectivity index (χ1n) is 4.60. The van der Waals surface area contributed by atoms with Crippen LogP contribution < -0.4 is 16.4 Å². The normalized spacial score (nSPS) is 19.9. The summed E-state index contributed by atoms with van der Waals surface area (Å²) in [7, 11) is 0. The highest BCUT2D eigenvalue weighted by Gasteiger charge is 2.25. The number of nitrogens with two attached hydrogens (primary N) is 1. The van der Waals surface area contributed by atoms with Crippen LogP contribution in [0.15, 0.2) is 18.2 Å². The Labute approximate surface area is 86.6 Å². The maximum Gasteiger partial charge on any atom is 0.254 e. The highest BCUT2D eigenvalue weighted by atomic mass is 16.2. The Morgan fingerprint density at radius 2 is 2.07 bits per heavy atom. The van der Waals surface area contributed by atoms with Crippen LogP contribution in [-0.4, -0.2) is 17.9 Å². The Morgan fingerprint density at radius 3 is 2.80 bits per heavy atom. The van der Waals surface area contributed by atoms with Gasteiger partial charge in [0.1, 0.15) is 6.04 Å². The molecule has 4 N–H and O–H groups in total. The first-order valence-corrected chi connectivity index (χ1v) is 4.60. The SMILES string of the molecule is CC1NC(=O)c2cccc(N)c2NC1=O. The van der Waals surface area contributed by atoms with Crippen molar-refractivity contribution in [2.45, 2.75) is 13.0 Å². The number of fused-ring (bicyclic) bond motifs is 1. The minimum Gasteiger partial charge on any atom is -0.397 e. The van der Waals surface area contributed by atoms with Gasteiger partial charge in [-0.05, 0) is 19.1 Å². The van der Waals surface area contributed by atoms with Crippen molar-refractivity contribution in [1.29, 1.82) is 0 Å². The highest BCUT2D eigenvalue weighted by Crippen LogP contribution is 2.25. The van der Waals surface area contributed by atoms with E-state index < -0.39 is 6.04 Å². The molecule has 2 amide bonds. The van der Waals surface area contributed by atoms with Gasteiger partial charge in [0.2, 0.25) is 5.91 Å². The van der Waals surface area contributed by atoms with Crippen molar-refractivity contribution < 1.29 is 9.59 Å². The number of carbonyl (C=O) groups excluding carboxylic acids is 2. The molecule has 1 heterocycles. The highest BCUT2D eigenvalue weighted by molar-refractivity contribution is 6.11. The molecule has 0 aromatic heterocycles. The van der Waals surface area contributed by atoms with Gasteiger partial charge in [-0.25, -0.2) is 0 Å². The minimum absolute atomic E-state index is 0.264. The molecule has 78 valence electrons. The van der Waals surface area contributed by atoms with Crippen LogP contribution in [0.5, 0.6) is 0 Å². The van der Waals surface area contributed by atoms with Gasteiger partial charge in [0.25, 0.3) is 5.91 Å². The first-order chi connectivity index (χ1) is 7.09. The summed E-state index contributed by atoms with van der Waals surface area (Å²) in [5.74, 6) is -0.553. The zero-order valence-electron chi connectivity index (χ0n) is 8.20. The van der Waals surface area contributed by atoms with E-state index in [4.69, 9.17) is 5.73 Å². The number of para-hydroxylation sites is 1. The molecule has 1 aliphatic heterocycles. The lowest BCUT2D eigenvalue weighted by atomic mass is 10.1. The van der Waals surface area contributed by atoms with Crippen molar-refractivity contribution in [3.05, 3.63) is 23.8 Å².